The number of anilines is 1. The number of hydrazone groups is 1. The van der Waals surface area contributed by atoms with Crippen LogP contribution in [0.25, 0.3) is 0 Å². The predicted octanol–water partition coefficient (Wildman–Crippen LogP) is 4.34. The molecule has 0 fully saturated rings. The summed E-state index contributed by atoms with van der Waals surface area (Å²) in [6, 6.07) is 13.7. The molecule has 1 heterocycles. The van der Waals surface area contributed by atoms with Gasteiger partial charge in [-0.1, -0.05) is 19.9 Å². The van der Waals surface area contributed by atoms with Gasteiger partial charge in [-0.05, 0) is 61.2 Å². The van der Waals surface area contributed by atoms with Crippen molar-refractivity contribution in [3.8, 4) is 5.75 Å². The molecular weight excluding hydrogens is 274 g/mol. The van der Waals surface area contributed by atoms with Gasteiger partial charge in [0.1, 0.15) is 11.6 Å². The Balaban J connectivity index is 1.91. The van der Waals surface area contributed by atoms with Crippen LogP contribution in [-0.2, 0) is 0 Å². The number of aromatic nitrogens is 1. The number of ether oxygens (including phenoxy) is 1. The van der Waals surface area contributed by atoms with E-state index in [0.717, 1.165) is 35.9 Å². The molecule has 1 N–H and O–H groups in total. The van der Waals surface area contributed by atoms with E-state index in [2.05, 4.69) is 29.4 Å². The molecular formula is C18H23N3O. The number of hydrogen-bond acceptors (Lipinski definition) is 4. The van der Waals surface area contributed by atoms with Crippen molar-refractivity contribution in [2.45, 2.75) is 27.2 Å². The summed E-state index contributed by atoms with van der Waals surface area (Å²) in [6.07, 6.45) is 2.80. The topological polar surface area (TPSA) is 46.5 Å². The summed E-state index contributed by atoms with van der Waals surface area (Å²) < 4.78 is 5.72. The van der Waals surface area contributed by atoms with Crippen LogP contribution in [0.5, 0.6) is 5.75 Å². The summed E-state index contributed by atoms with van der Waals surface area (Å²) in [7, 11) is 0. The maximum Gasteiger partial charge on any atom is 0.146 e. The number of benzene rings is 1. The first kappa shape index (κ1) is 16.0. The largest absolute Gasteiger partial charge is 0.494 e. The second-order valence-corrected chi connectivity index (χ2v) is 5.58. The van der Waals surface area contributed by atoms with E-state index in [1.54, 1.807) is 6.20 Å². The zero-order valence-electron chi connectivity index (χ0n) is 13.4. The smallest absolute Gasteiger partial charge is 0.146 e. The molecule has 0 amide bonds. The van der Waals surface area contributed by atoms with Crippen LogP contribution in [0.3, 0.4) is 0 Å². The molecule has 1 aromatic heterocycles. The number of rotatable bonds is 7. The number of pyridine rings is 1. The third-order valence-electron chi connectivity index (χ3n) is 3.24. The van der Waals surface area contributed by atoms with E-state index in [1.807, 2.05) is 49.4 Å². The summed E-state index contributed by atoms with van der Waals surface area (Å²) in [5.74, 6) is 2.29. The molecule has 4 nitrogen and oxygen atoms in total. The van der Waals surface area contributed by atoms with E-state index in [9.17, 15) is 0 Å². The molecule has 116 valence electrons. The molecule has 2 aromatic rings. The molecule has 0 atom stereocenters. The zero-order valence-corrected chi connectivity index (χ0v) is 13.4. The first-order valence-electron chi connectivity index (χ1n) is 7.59. The van der Waals surface area contributed by atoms with Crippen LogP contribution in [0.4, 0.5) is 5.82 Å². The van der Waals surface area contributed by atoms with Crippen molar-refractivity contribution in [1.29, 1.82) is 0 Å². The Kier molecular flexibility index (Phi) is 5.95. The molecule has 0 bridgehead atoms. The van der Waals surface area contributed by atoms with E-state index in [4.69, 9.17) is 4.74 Å². The lowest BCUT2D eigenvalue weighted by Gasteiger charge is -2.09. The number of nitrogens with zero attached hydrogens (tertiary/aromatic N) is 2. The van der Waals surface area contributed by atoms with Crippen LogP contribution in [0.2, 0.25) is 0 Å². The summed E-state index contributed by atoms with van der Waals surface area (Å²) >= 11 is 0. The quantitative estimate of drug-likeness (QED) is 0.610. The van der Waals surface area contributed by atoms with Gasteiger partial charge in [0.05, 0.1) is 12.3 Å². The normalized spacial score (nSPS) is 11.5. The third-order valence-corrected chi connectivity index (χ3v) is 3.24. The van der Waals surface area contributed by atoms with Crippen molar-refractivity contribution in [3.63, 3.8) is 0 Å². The average Bonchev–Trinajstić information content (AvgIpc) is 2.54. The van der Waals surface area contributed by atoms with Crippen LogP contribution in [-0.4, -0.2) is 17.3 Å². The maximum atomic E-state index is 5.72. The Morgan fingerprint density at radius 2 is 1.95 bits per heavy atom. The third kappa shape index (κ3) is 5.20. The standard InChI is InChI=1S/C18H23N3O/c1-14(2)11-13-22-17-9-7-16(8-10-17)15(3)20-21-18-6-4-5-12-19-18/h4-10,12,14H,11,13H2,1-3H3,(H,19,21)/b20-15-. The highest BCUT2D eigenvalue weighted by atomic mass is 16.5. The van der Waals surface area contributed by atoms with E-state index in [-0.39, 0.29) is 0 Å². The van der Waals surface area contributed by atoms with Gasteiger partial charge in [-0.15, -0.1) is 0 Å². The van der Waals surface area contributed by atoms with E-state index < -0.39 is 0 Å². The minimum Gasteiger partial charge on any atom is -0.494 e. The maximum absolute atomic E-state index is 5.72. The predicted molar refractivity (Wildman–Crippen MR) is 91.5 cm³/mol. The molecule has 0 aliphatic rings. The van der Waals surface area contributed by atoms with Gasteiger partial charge in [0.2, 0.25) is 0 Å². The Labute approximate surface area is 132 Å². The van der Waals surface area contributed by atoms with Crippen LogP contribution in [0.15, 0.2) is 53.8 Å². The van der Waals surface area contributed by atoms with Crippen molar-refractivity contribution in [2.24, 2.45) is 11.0 Å². The van der Waals surface area contributed by atoms with Gasteiger partial charge < -0.3 is 4.74 Å². The van der Waals surface area contributed by atoms with E-state index in [1.165, 1.54) is 0 Å². The molecule has 0 aliphatic carbocycles. The van der Waals surface area contributed by atoms with Crippen LogP contribution in [0.1, 0.15) is 32.8 Å². The summed E-state index contributed by atoms with van der Waals surface area (Å²) in [6.45, 7) is 7.11. The fraction of sp³-hybridized carbons (Fsp3) is 0.333. The second-order valence-electron chi connectivity index (χ2n) is 5.58. The molecule has 4 heteroatoms. The average molecular weight is 297 g/mol. The van der Waals surface area contributed by atoms with Crippen molar-refractivity contribution in [1.82, 2.24) is 4.98 Å². The highest BCUT2D eigenvalue weighted by Crippen LogP contribution is 2.14. The van der Waals surface area contributed by atoms with Crippen molar-refractivity contribution < 1.29 is 4.74 Å². The van der Waals surface area contributed by atoms with Gasteiger partial charge in [0.25, 0.3) is 0 Å². The first-order chi connectivity index (χ1) is 10.6. The Morgan fingerprint density at radius 3 is 2.59 bits per heavy atom. The molecule has 22 heavy (non-hydrogen) atoms. The van der Waals surface area contributed by atoms with Gasteiger partial charge in [-0.25, -0.2) is 4.98 Å². The lowest BCUT2D eigenvalue weighted by atomic mass is 10.1. The van der Waals surface area contributed by atoms with Crippen LogP contribution < -0.4 is 10.2 Å². The number of nitrogens with one attached hydrogen (secondary N) is 1. The van der Waals surface area contributed by atoms with Crippen molar-refractivity contribution in [2.75, 3.05) is 12.0 Å². The monoisotopic (exact) mass is 297 g/mol. The minimum atomic E-state index is 0.659. The molecule has 0 radical (unpaired) electrons. The van der Waals surface area contributed by atoms with Gasteiger partial charge in [0.15, 0.2) is 0 Å². The van der Waals surface area contributed by atoms with E-state index in [0.29, 0.717) is 5.92 Å². The summed E-state index contributed by atoms with van der Waals surface area (Å²) in [5, 5.41) is 4.34. The molecule has 1 aromatic carbocycles. The van der Waals surface area contributed by atoms with E-state index >= 15 is 0 Å². The van der Waals surface area contributed by atoms with Crippen molar-refractivity contribution in [3.05, 3.63) is 54.2 Å². The second kappa shape index (κ2) is 8.17. The molecule has 0 aliphatic heterocycles. The van der Waals surface area contributed by atoms with Gasteiger partial charge in [-0.3, -0.25) is 5.43 Å². The Bertz CT molecular complexity index is 591. The Morgan fingerprint density at radius 1 is 1.18 bits per heavy atom. The molecule has 2 rings (SSSR count). The minimum absolute atomic E-state index is 0.659. The van der Waals surface area contributed by atoms with Crippen molar-refractivity contribution >= 4 is 11.5 Å². The highest BCUT2D eigenvalue weighted by Gasteiger charge is 2.00. The molecule has 0 spiro atoms. The Hall–Kier alpha value is -2.36. The fourth-order valence-corrected chi connectivity index (χ4v) is 1.84. The molecule has 0 unspecified atom stereocenters. The zero-order chi connectivity index (χ0) is 15.8. The summed E-state index contributed by atoms with van der Waals surface area (Å²) in [5.41, 5.74) is 4.91. The fourth-order valence-electron chi connectivity index (χ4n) is 1.84. The highest BCUT2D eigenvalue weighted by molar-refractivity contribution is 5.99. The van der Waals surface area contributed by atoms with Gasteiger partial charge in [-0.2, -0.15) is 5.10 Å². The summed E-state index contributed by atoms with van der Waals surface area (Å²) in [4.78, 5) is 4.17. The lowest BCUT2D eigenvalue weighted by molar-refractivity contribution is 0.289. The van der Waals surface area contributed by atoms with Crippen LogP contribution in [0, 0.1) is 5.92 Å². The molecule has 0 saturated carbocycles. The lowest BCUT2D eigenvalue weighted by Crippen LogP contribution is -2.03. The van der Waals surface area contributed by atoms with Gasteiger partial charge >= 0.3 is 0 Å². The first-order valence-corrected chi connectivity index (χ1v) is 7.59. The number of hydrogen-bond donors (Lipinski definition) is 1. The van der Waals surface area contributed by atoms with Gasteiger partial charge in [0, 0.05) is 6.20 Å². The molecule has 0 saturated heterocycles. The van der Waals surface area contributed by atoms with Crippen LogP contribution >= 0.6 is 0 Å². The SMILES string of the molecule is C/C(=N/Nc1ccccn1)c1ccc(OCCC(C)C)cc1.